The third kappa shape index (κ3) is 3.86. The van der Waals surface area contributed by atoms with Crippen molar-refractivity contribution in [1.29, 1.82) is 0 Å². The summed E-state index contributed by atoms with van der Waals surface area (Å²) in [4.78, 5) is 15.0. The number of piperidine rings is 1. The van der Waals surface area contributed by atoms with E-state index >= 15 is 0 Å². The molecular formula is C20H27N3O2. The molecule has 1 amide bonds. The fraction of sp³-hybridized carbons (Fsp3) is 0.500. The molecule has 1 aliphatic rings. The lowest BCUT2D eigenvalue weighted by molar-refractivity contribution is -0.117. The molecule has 2 aromatic rings. The molecule has 1 saturated heterocycles. The first kappa shape index (κ1) is 17.5. The maximum Gasteiger partial charge on any atom is 0.231 e. The van der Waals surface area contributed by atoms with Gasteiger partial charge in [-0.05, 0) is 63.8 Å². The number of aryl methyl sites for hydroxylation is 2. The van der Waals surface area contributed by atoms with Crippen molar-refractivity contribution in [2.45, 2.75) is 46.5 Å². The Morgan fingerprint density at radius 3 is 2.44 bits per heavy atom. The highest BCUT2D eigenvalue weighted by Gasteiger charge is 2.23. The van der Waals surface area contributed by atoms with Crippen LogP contribution in [-0.4, -0.2) is 24.2 Å². The molecule has 0 aliphatic carbocycles. The minimum atomic E-state index is -0.297. The molecule has 1 atom stereocenters. The third-order valence-corrected chi connectivity index (χ3v) is 5.20. The van der Waals surface area contributed by atoms with Crippen molar-refractivity contribution in [3.05, 3.63) is 41.3 Å². The van der Waals surface area contributed by atoms with E-state index in [9.17, 15) is 4.79 Å². The molecular weight excluding hydrogens is 314 g/mol. The summed E-state index contributed by atoms with van der Waals surface area (Å²) in [5.74, 6) is 1.18. The number of anilines is 2. The lowest BCUT2D eigenvalue weighted by atomic mass is 9.98. The Kier molecular flexibility index (Phi) is 5.11. The molecule has 0 spiro atoms. The lowest BCUT2D eigenvalue weighted by Crippen LogP contribution is -2.32. The summed E-state index contributed by atoms with van der Waals surface area (Å²) in [5.41, 5.74) is 3.69. The minimum Gasteiger partial charge on any atom is -0.372 e. The highest BCUT2D eigenvalue weighted by Crippen LogP contribution is 2.26. The average Bonchev–Trinajstić information content (AvgIpc) is 2.94. The molecule has 5 nitrogen and oxygen atoms in total. The van der Waals surface area contributed by atoms with Crippen molar-refractivity contribution < 1.29 is 9.32 Å². The predicted octanol–water partition coefficient (Wildman–Crippen LogP) is 4.27. The Bertz CT molecular complexity index is 708. The molecule has 1 fully saturated rings. The van der Waals surface area contributed by atoms with Gasteiger partial charge in [-0.15, -0.1) is 0 Å². The Labute approximate surface area is 149 Å². The van der Waals surface area contributed by atoms with Crippen LogP contribution >= 0.6 is 0 Å². The smallest absolute Gasteiger partial charge is 0.231 e. The van der Waals surface area contributed by atoms with E-state index in [1.165, 1.54) is 18.5 Å². The number of aromatic nitrogens is 1. The number of hydrogen-bond acceptors (Lipinski definition) is 4. The zero-order valence-corrected chi connectivity index (χ0v) is 15.5. The van der Waals surface area contributed by atoms with Crippen LogP contribution in [0.2, 0.25) is 0 Å². The van der Waals surface area contributed by atoms with Gasteiger partial charge in [0, 0.05) is 30.0 Å². The first-order valence-electron chi connectivity index (χ1n) is 9.04. The number of carbonyl (C=O) groups is 1. The second kappa shape index (κ2) is 7.30. The highest BCUT2D eigenvalue weighted by atomic mass is 16.5. The van der Waals surface area contributed by atoms with Crippen LogP contribution in [0, 0.1) is 19.8 Å². The summed E-state index contributed by atoms with van der Waals surface area (Å²) < 4.78 is 5.17. The van der Waals surface area contributed by atoms with Gasteiger partial charge in [0.1, 0.15) is 5.76 Å². The molecule has 0 unspecified atom stereocenters. The van der Waals surface area contributed by atoms with Gasteiger partial charge in [-0.1, -0.05) is 12.1 Å². The van der Waals surface area contributed by atoms with E-state index in [1.807, 2.05) is 32.9 Å². The van der Waals surface area contributed by atoms with E-state index in [0.717, 1.165) is 36.0 Å². The molecule has 1 aromatic carbocycles. The van der Waals surface area contributed by atoms with Gasteiger partial charge in [0.2, 0.25) is 5.91 Å². The van der Waals surface area contributed by atoms with Crippen LogP contribution in [0.25, 0.3) is 0 Å². The zero-order chi connectivity index (χ0) is 18.0. The van der Waals surface area contributed by atoms with Gasteiger partial charge >= 0.3 is 0 Å². The summed E-state index contributed by atoms with van der Waals surface area (Å²) in [5, 5.41) is 6.93. The Balaban J connectivity index is 1.64. The van der Waals surface area contributed by atoms with Gasteiger partial charge in [-0.25, -0.2) is 0 Å². The van der Waals surface area contributed by atoms with Crippen LogP contribution in [0.15, 0.2) is 28.8 Å². The molecule has 2 heterocycles. The SMILES string of the molecule is Cc1noc(C)c1[C@H](C)C(=O)Nc1ccc(N2CCC(C)CC2)cc1. The highest BCUT2D eigenvalue weighted by molar-refractivity contribution is 5.96. The van der Waals surface area contributed by atoms with Gasteiger partial charge in [-0.3, -0.25) is 4.79 Å². The molecule has 1 aromatic heterocycles. The molecule has 5 heteroatoms. The van der Waals surface area contributed by atoms with Crippen LogP contribution in [0.1, 0.15) is 49.6 Å². The van der Waals surface area contributed by atoms with Gasteiger partial charge in [-0.2, -0.15) is 0 Å². The second-order valence-corrected chi connectivity index (χ2v) is 7.17. The molecule has 1 N–H and O–H groups in total. The number of benzene rings is 1. The van der Waals surface area contributed by atoms with E-state index in [4.69, 9.17) is 4.52 Å². The van der Waals surface area contributed by atoms with Crippen molar-refractivity contribution in [3.8, 4) is 0 Å². The van der Waals surface area contributed by atoms with Crippen LogP contribution in [0.4, 0.5) is 11.4 Å². The molecule has 0 saturated carbocycles. The minimum absolute atomic E-state index is 0.0473. The molecule has 134 valence electrons. The number of carbonyl (C=O) groups excluding carboxylic acids is 1. The van der Waals surface area contributed by atoms with Crippen molar-refractivity contribution in [3.63, 3.8) is 0 Å². The molecule has 3 rings (SSSR count). The van der Waals surface area contributed by atoms with Crippen LogP contribution in [0.5, 0.6) is 0 Å². The third-order valence-electron chi connectivity index (χ3n) is 5.20. The van der Waals surface area contributed by atoms with E-state index in [-0.39, 0.29) is 11.8 Å². The largest absolute Gasteiger partial charge is 0.372 e. The summed E-state index contributed by atoms with van der Waals surface area (Å²) in [6, 6.07) is 8.13. The van der Waals surface area contributed by atoms with Gasteiger partial charge in [0.15, 0.2) is 0 Å². The van der Waals surface area contributed by atoms with Crippen LogP contribution in [0.3, 0.4) is 0 Å². The Hall–Kier alpha value is -2.30. The van der Waals surface area contributed by atoms with Gasteiger partial charge < -0.3 is 14.7 Å². The van der Waals surface area contributed by atoms with Gasteiger partial charge in [0.25, 0.3) is 0 Å². The van der Waals surface area contributed by atoms with Crippen LogP contribution < -0.4 is 10.2 Å². The quantitative estimate of drug-likeness (QED) is 0.902. The number of hydrogen-bond donors (Lipinski definition) is 1. The monoisotopic (exact) mass is 341 g/mol. The zero-order valence-electron chi connectivity index (χ0n) is 15.5. The maximum atomic E-state index is 12.5. The summed E-state index contributed by atoms with van der Waals surface area (Å²) >= 11 is 0. The van der Waals surface area contributed by atoms with Gasteiger partial charge in [0.05, 0.1) is 11.6 Å². The topological polar surface area (TPSA) is 58.4 Å². The predicted molar refractivity (Wildman–Crippen MR) is 100 cm³/mol. The summed E-state index contributed by atoms with van der Waals surface area (Å²) in [7, 11) is 0. The van der Waals surface area contributed by atoms with E-state index < -0.39 is 0 Å². The maximum absolute atomic E-state index is 12.5. The van der Waals surface area contributed by atoms with Crippen molar-refractivity contribution in [1.82, 2.24) is 5.16 Å². The first-order valence-corrected chi connectivity index (χ1v) is 9.04. The summed E-state index contributed by atoms with van der Waals surface area (Å²) in [6.45, 7) is 10.1. The Morgan fingerprint density at radius 2 is 1.88 bits per heavy atom. The standard InChI is InChI=1S/C20H27N3O2/c1-13-9-11-23(12-10-13)18-7-5-17(6-8-18)21-20(24)14(2)19-15(3)22-25-16(19)4/h5-8,13-14H,9-12H2,1-4H3,(H,21,24)/t14-/m0/s1. The van der Waals surface area contributed by atoms with Crippen LogP contribution in [-0.2, 0) is 4.79 Å². The van der Waals surface area contributed by atoms with Crippen molar-refractivity contribution >= 4 is 17.3 Å². The number of nitrogens with zero attached hydrogens (tertiary/aromatic N) is 2. The summed E-state index contributed by atoms with van der Waals surface area (Å²) in [6.07, 6.45) is 2.49. The molecule has 25 heavy (non-hydrogen) atoms. The molecule has 1 aliphatic heterocycles. The van der Waals surface area contributed by atoms with Crippen molar-refractivity contribution in [2.24, 2.45) is 5.92 Å². The van der Waals surface area contributed by atoms with E-state index in [1.54, 1.807) is 0 Å². The fourth-order valence-electron chi connectivity index (χ4n) is 3.51. The first-order chi connectivity index (χ1) is 12.0. The molecule has 0 bridgehead atoms. The number of amides is 1. The lowest BCUT2D eigenvalue weighted by Gasteiger charge is -2.32. The van der Waals surface area contributed by atoms with E-state index in [2.05, 4.69) is 34.4 Å². The second-order valence-electron chi connectivity index (χ2n) is 7.17. The Morgan fingerprint density at radius 1 is 1.24 bits per heavy atom. The van der Waals surface area contributed by atoms with E-state index in [0.29, 0.717) is 5.76 Å². The normalized spacial score (nSPS) is 16.7. The fourth-order valence-corrected chi connectivity index (χ4v) is 3.51. The molecule has 0 radical (unpaired) electrons. The number of rotatable bonds is 4. The van der Waals surface area contributed by atoms with Crippen molar-refractivity contribution in [2.75, 3.05) is 23.3 Å². The number of nitrogens with one attached hydrogen (secondary N) is 1. The average molecular weight is 341 g/mol.